The van der Waals surface area contributed by atoms with E-state index >= 15 is 0 Å². The molecule has 9 heteroatoms. The molecule has 1 atom stereocenters. The first kappa shape index (κ1) is 21.3. The summed E-state index contributed by atoms with van der Waals surface area (Å²) in [7, 11) is -2.69. The van der Waals surface area contributed by atoms with Gasteiger partial charge in [-0.1, -0.05) is 6.07 Å². The molecule has 0 N–H and O–H groups in total. The molecule has 1 saturated heterocycles. The van der Waals surface area contributed by atoms with E-state index in [2.05, 4.69) is 4.98 Å². The van der Waals surface area contributed by atoms with Crippen molar-refractivity contribution in [1.82, 2.24) is 9.29 Å². The minimum atomic E-state index is -3.97. The van der Waals surface area contributed by atoms with Gasteiger partial charge in [0.15, 0.2) is 0 Å². The van der Waals surface area contributed by atoms with Gasteiger partial charge in [-0.2, -0.15) is 4.31 Å². The summed E-state index contributed by atoms with van der Waals surface area (Å²) in [5.41, 5.74) is 2.05. The lowest BCUT2D eigenvalue weighted by atomic mass is 10.0. The quantitative estimate of drug-likeness (QED) is 0.569. The van der Waals surface area contributed by atoms with Crippen molar-refractivity contribution in [2.24, 2.45) is 0 Å². The predicted molar refractivity (Wildman–Crippen MR) is 111 cm³/mol. The monoisotopic (exact) mass is 446 g/mol. The second kappa shape index (κ2) is 7.97. The molecule has 0 amide bonds. The maximum absolute atomic E-state index is 15.0. The summed E-state index contributed by atoms with van der Waals surface area (Å²) in [4.78, 5) is 16.1. The maximum Gasteiger partial charge on any atom is 0.337 e. The van der Waals surface area contributed by atoms with Crippen molar-refractivity contribution < 1.29 is 26.7 Å². The lowest BCUT2D eigenvalue weighted by molar-refractivity contribution is 0.0601. The highest BCUT2D eigenvalue weighted by molar-refractivity contribution is 7.89. The van der Waals surface area contributed by atoms with E-state index in [4.69, 9.17) is 4.74 Å². The molecule has 6 nitrogen and oxygen atoms in total. The molecule has 0 spiro atoms. The Bertz CT molecular complexity index is 1290. The molecule has 1 fully saturated rings. The maximum atomic E-state index is 15.0. The van der Waals surface area contributed by atoms with Gasteiger partial charge in [0.05, 0.1) is 28.8 Å². The topological polar surface area (TPSA) is 76.6 Å². The summed E-state index contributed by atoms with van der Waals surface area (Å²) in [6, 6.07) is 10.2. The Labute approximate surface area is 178 Å². The number of hydrogen-bond donors (Lipinski definition) is 0. The van der Waals surface area contributed by atoms with Crippen LogP contribution in [0.1, 0.15) is 22.3 Å². The molecular weight excluding hydrogens is 426 g/mol. The lowest BCUT2D eigenvalue weighted by Crippen LogP contribution is -2.29. The third-order valence-corrected chi connectivity index (χ3v) is 7.25. The van der Waals surface area contributed by atoms with Crippen LogP contribution in [-0.4, -0.2) is 50.0 Å². The SMILES string of the molecule is COC(=O)c1ccc2c(C)cc(-c3ccc(S(=O)(=O)N4CC[C@H](F)C4)cc3F)nc2c1. The van der Waals surface area contributed by atoms with Gasteiger partial charge in [0.1, 0.15) is 12.0 Å². The first-order valence-electron chi connectivity index (χ1n) is 9.64. The van der Waals surface area contributed by atoms with Crippen molar-refractivity contribution in [3.05, 3.63) is 59.4 Å². The van der Waals surface area contributed by atoms with Crippen molar-refractivity contribution in [2.45, 2.75) is 24.4 Å². The summed E-state index contributed by atoms with van der Waals surface area (Å²) in [5.74, 6) is -1.27. The molecule has 1 aliphatic heterocycles. The summed E-state index contributed by atoms with van der Waals surface area (Å²) < 4.78 is 59.5. The summed E-state index contributed by atoms with van der Waals surface area (Å²) in [6.07, 6.45) is -1.08. The molecule has 0 bridgehead atoms. The average molecular weight is 446 g/mol. The number of methoxy groups -OCH3 is 1. The number of benzene rings is 2. The van der Waals surface area contributed by atoms with Gasteiger partial charge in [0, 0.05) is 24.0 Å². The van der Waals surface area contributed by atoms with Crippen LogP contribution in [0, 0.1) is 12.7 Å². The zero-order valence-corrected chi connectivity index (χ0v) is 17.7. The van der Waals surface area contributed by atoms with Gasteiger partial charge in [-0.05, 0) is 55.3 Å². The number of alkyl halides is 1. The molecule has 2 aromatic carbocycles. The molecule has 0 saturated carbocycles. The Morgan fingerprint density at radius 2 is 1.97 bits per heavy atom. The molecule has 1 aromatic heterocycles. The smallest absolute Gasteiger partial charge is 0.337 e. The highest BCUT2D eigenvalue weighted by Crippen LogP contribution is 2.30. The molecule has 3 aromatic rings. The third kappa shape index (κ3) is 3.90. The van der Waals surface area contributed by atoms with Crippen LogP contribution >= 0.6 is 0 Å². The number of rotatable bonds is 4. The summed E-state index contributed by atoms with van der Waals surface area (Å²) in [6.45, 7) is 1.68. The number of fused-ring (bicyclic) bond motifs is 1. The van der Waals surface area contributed by atoms with E-state index in [1.54, 1.807) is 24.3 Å². The second-order valence-corrected chi connectivity index (χ2v) is 9.38. The second-order valence-electron chi connectivity index (χ2n) is 7.44. The summed E-state index contributed by atoms with van der Waals surface area (Å²) in [5, 5.41) is 0.797. The number of aryl methyl sites for hydroxylation is 1. The van der Waals surface area contributed by atoms with E-state index in [-0.39, 0.29) is 30.0 Å². The number of hydrogen-bond acceptors (Lipinski definition) is 5. The Morgan fingerprint density at radius 1 is 1.19 bits per heavy atom. The summed E-state index contributed by atoms with van der Waals surface area (Å²) >= 11 is 0. The fraction of sp³-hybridized carbons (Fsp3) is 0.273. The normalized spacial score (nSPS) is 17.2. The van der Waals surface area contributed by atoms with E-state index in [0.29, 0.717) is 16.8 Å². The van der Waals surface area contributed by atoms with Crippen LogP contribution in [0.4, 0.5) is 8.78 Å². The first-order chi connectivity index (χ1) is 14.7. The van der Waals surface area contributed by atoms with Crippen LogP contribution in [0.3, 0.4) is 0 Å². The highest BCUT2D eigenvalue weighted by Gasteiger charge is 2.33. The van der Waals surface area contributed by atoms with E-state index in [9.17, 15) is 22.0 Å². The molecule has 0 unspecified atom stereocenters. The zero-order valence-electron chi connectivity index (χ0n) is 16.9. The van der Waals surface area contributed by atoms with Gasteiger partial charge in [-0.3, -0.25) is 0 Å². The Hall–Kier alpha value is -2.91. The number of nitrogens with zero attached hydrogens (tertiary/aromatic N) is 2. The van der Waals surface area contributed by atoms with Gasteiger partial charge < -0.3 is 4.74 Å². The number of aromatic nitrogens is 1. The van der Waals surface area contributed by atoms with Crippen LogP contribution in [-0.2, 0) is 14.8 Å². The zero-order chi connectivity index (χ0) is 22.3. The average Bonchev–Trinajstić information content (AvgIpc) is 3.19. The lowest BCUT2D eigenvalue weighted by Gasteiger charge is -2.16. The van der Waals surface area contributed by atoms with Crippen molar-refractivity contribution in [3.8, 4) is 11.3 Å². The standard InChI is InChI=1S/C22H20F2N2O4S/c1-13-9-20(25-21-10-14(22(27)30-2)3-5-17(13)21)18-6-4-16(11-19(18)24)31(28,29)26-8-7-15(23)12-26/h3-6,9-11,15H,7-8,12H2,1-2H3/t15-/m0/s1. The fourth-order valence-electron chi connectivity index (χ4n) is 3.70. The number of pyridine rings is 1. The largest absolute Gasteiger partial charge is 0.465 e. The molecule has 162 valence electrons. The molecule has 0 radical (unpaired) electrons. The molecule has 2 heterocycles. The van der Waals surface area contributed by atoms with Crippen molar-refractivity contribution in [2.75, 3.05) is 20.2 Å². The molecule has 4 rings (SSSR count). The number of ether oxygens (including phenoxy) is 1. The minimum absolute atomic E-state index is 0.0703. The van der Waals surface area contributed by atoms with Crippen LogP contribution in [0.15, 0.2) is 47.4 Å². The van der Waals surface area contributed by atoms with Crippen LogP contribution in [0.5, 0.6) is 0 Å². The Balaban J connectivity index is 1.75. The van der Waals surface area contributed by atoms with Gasteiger partial charge >= 0.3 is 5.97 Å². The Kier molecular flexibility index (Phi) is 5.49. The van der Waals surface area contributed by atoms with Gasteiger partial charge in [-0.15, -0.1) is 0 Å². The minimum Gasteiger partial charge on any atom is -0.465 e. The molecule has 31 heavy (non-hydrogen) atoms. The number of halogens is 2. The van der Waals surface area contributed by atoms with Gasteiger partial charge in [-0.25, -0.2) is 27.0 Å². The number of sulfonamides is 1. The molecular formula is C22H20F2N2O4S. The first-order valence-corrected chi connectivity index (χ1v) is 11.1. The van der Waals surface area contributed by atoms with E-state index in [1.807, 2.05) is 6.92 Å². The van der Waals surface area contributed by atoms with Crippen LogP contribution < -0.4 is 0 Å². The predicted octanol–water partition coefficient (Wildman–Crippen LogP) is 3.87. The van der Waals surface area contributed by atoms with E-state index < -0.39 is 28.0 Å². The number of esters is 1. The molecule has 0 aliphatic carbocycles. The van der Waals surface area contributed by atoms with E-state index in [1.165, 1.54) is 19.2 Å². The number of carbonyl (C=O) groups excluding carboxylic acids is 1. The van der Waals surface area contributed by atoms with Gasteiger partial charge in [0.25, 0.3) is 0 Å². The number of carbonyl (C=O) groups is 1. The molecule has 1 aliphatic rings. The fourth-order valence-corrected chi connectivity index (χ4v) is 5.20. The van der Waals surface area contributed by atoms with Crippen molar-refractivity contribution >= 4 is 26.9 Å². The van der Waals surface area contributed by atoms with Gasteiger partial charge in [0.2, 0.25) is 10.0 Å². The van der Waals surface area contributed by atoms with Crippen molar-refractivity contribution in [3.63, 3.8) is 0 Å². The third-order valence-electron chi connectivity index (χ3n) is 5.39. The van der Waals surface area contributed by atoms with E-state index in [0.717, 1.165) is 21.3 Å². The Morgan fingerprint density at radius 3 is 2.61 bits per heavy atom. The van der Waals surface area contributed by atoms with Crippen molar-refractivity contribution in [1.29, 1.82) is 0 Å². The van der Waals surface area contributed by atoms with Crippen LogP contribution in [0.25, 0.3) is 22.2 Å². The highest BCUT2D eigenvalue weighted by atomic mass is 32.2. The van der Waals surface area contributed by atoms with Crippen LogP contribution in [0.2, 0.25) is 0 Å².